The number of nitrogens with zero attached hydrogens (tertiary/aromatic N) is 1. The predicted octanol–water partition coefficient (Wildman–Crippen LogP) is 5.36. The average Bonchev–Trinajstić information content (AvgIpc) is 2.89. The summed E-state index contributed by atoms with van der Waals surface area (Å²) in [5.41, 5.74) is 3.56. The zero-order valence-corrected chi connectivity index (χ0v) is 20.3. The van der Waals surface area contributed by atoms with Gasteiger partial charge in [-0.2, -0.15) is 5.10 Å². The third-order valence-corrected chi connectivity index (χ3v) is 5.82. The fourth-order valence-electron chi connectivity index (χ4n) is 3.19. The number of benzene rings is 4. The second-order valence-electron chi connectivity index (χ2n) is 7.37. The monoisotopic (exact) mass is 532 g/mol. The number of hydrogen-bond acceptors (Lipinski definition) is 6. The largest absolute Gasteiger partial charge is 0.497 e. The van der Waals surface area contributed by atoms with E-state index in [0.29, 0.717) is 28.4 Å². The Labute approximate surface area is 210 Å². The lowest BCUT2D eigenvalue weighted by Crippen LogP contribution is -2.24. The molecule has 0 aromatic heterocycles. The van der Waals surface area contributed by atoms with Crippen LogP contribution in [0.2, 0.25) is 0 Å². The van der Waals surface area contributed by atoms with Gasteiger partial charge in [0.15, 0.2) is 6.61 Å². The van der Waals surface area contributed by atoms with Gasteiger partial charge in [0.1, 0.15) is 17.2 Å². The Hall–Kier alpha value is -4.17. The van der Waals surface area contributed by atoms with Crippen LogP contribution < -0.4 is 19.6 Å². The van der Waals surface area contributed by atoms with Gasteiger partial charge in [0.25, 0.3) is 5.91 Å². The lowest BCUT2D eigenvalue weighted by atomic mass is 10.1. The molecule has 0 unspecified atom stereocenters. The van der Waals surface area contributed by atoms with E-state index < -0.39 is 11.9 Å². The minimum atomic E-state index is -0.473. The van der Waals surface area contributed by atoms with Crippen LogP contribution in [-0.2, 0) is 4.79 Å². The number of nitrogens with one attached hydrogen (secondary N) is 1. The third kappa shape index (κ3) is 6.24. The molecule has 8 heteroatoms. The number of hydrazone groups is 1. The molecule has 4 aromatic rings. The number of hydrogen-bond donors (Lipinski definition) is 1. The van der Waals surface area contributed by atoms with Gasteiger partial charge in [0.2, 0.25) is 0 Å². The second-order valence-corrected chi connectivity index (χ2v) is 8.16. The van der Waals surface area contributed by atoms with E-state index in [-0.39, 0.29) is 6.61 Å². The molecular formula is C27H21BrN2O5. The van der Waals surface area contributed by atoms with E-state index in [1.807, 2.05) is 36.4 Å². The van der Waals surface area contributed by atoms with Crippen LogP contribution in [0.25, 0.3) is 10.8 Å². The highest BCUT2D eigenvalue weighted by Crippen LogP contribution is 2.32. The van der Waals surface area contributed by atoms with Crippen molar-refractivity contribution >= 4 is 44.8 Å². The van der Waals surface area contributed by atoms with Gasteiger partial charge >= 0.3 is 5.97 Å². The summed E-state index contributed by atoms with van der Waals surface area (Å²) in [6.07, 6.45) is 1.49. The molecule has 7 nitrogen and oxygen atoms in total. The first-order valence-electron chi connectivity index (χ1n) is 10.6. The molecule has 0 spiro atoms. The summed E-state index contributed by atoms with van der Waals surface area (Å²) < 4.78 is 16.9. The molecule has 4 rings (SSSR count). The molecule has 0 saturated carbocycles. The molecular weight excluding hydrogens is 512 g/mol. The summed E-state index contributed by atoms with van der Waals surface area (Å²) in [6.45, 7) is -0.186. The molecule has 0 bridgehead atoms. The minimum Gasteiger partial charge on any atom is -0.497 e. The van der Waals surface area contributed by atoms with E-state index in [2.05, 4.69) is 26.5 Å². The van der Waals surface area contributed by atoms with Gasteiger partial charge in [-0.1, -0.05) is 30.3 Å². The maximum Gasteiger partial charge on any atom is 0.343 e. The summed E-state index contributed by atoms with van der Waals surface area (Å²) in [5.74, 6) is 0.750. The van der Waals surface area contributed by atoms with Crippen molar-refractivity contribution in [2.24, 2.45) is 5.10 Å². The highest BCUT2D eigenvalue weighted by atomic mass is 79.9. The summed E-state index contributed by atoms with van der Waals surface area (Å²) in [4.78, 5) is 24.3. The van der Waals surface area contributed by atoms with E-state index in [9.17, 15) is 9.59 Å². The third-order valence-electron chi connectivity index (χ3n) is 5.01. The number of rotatable bonds is 8. The molecule has 0 aliphatic heterocycles. The van der Waals surface area contributed by atoms with Gasteiger partial charge in [0, 0.05) is 0 Å². The Balaban J connectivity index is 1.26. The summed E-state index contributed by atoms with van der Waals surface area (Å²) >= 11 is 3.53. The van der Waals surface area contributed by atoms with Crippen LogP contribution in [0.4, 0.5) is 0 Å². The predicted molar refractivity (Wildman–Crippen MR) is 137 cm³/mol. The van der Waals surface area contributed by atoms with Gasteiger partial charge < -0.3 is 14.2 Å². The topological polar surface area (TPSA) is 86.2 Å². The van der Waals surface area contributed by atoms with Crippen molar-refractivity contribution in [3.63, 3.8) is 0 Å². The maximum atomic E-state index is 12.2. The quantitative estimate of drug-likeness (QED) is 0.143. The first-order chi connectivity index (χ1) is 17.0. The molecule has 0 heterocycles. The molecule has 0 aliphatic rings. The first-order valence-corrected chi connectivity index (χ1v) is 11.4. The molecule has 35 heavy (non-hydrogen) atoms. The Morgan fingerprint density at radius 1 is 0.914 bits per heavy atom. The Morgan fingerprint density at radius 2 is 1.63 bits per heavy atom. The van der Waals surface area contributed by atoms with E-state index in [1.54, 1.807) is 55.6 Å². The Morgan fingerprint density at radius 3 is 2.37 bits per heavy atom. The minimum absolute atomic E-state index is 0.186. The number of ether oxygens (including phenoxy) is 3. The molecule has 0 fully saturated rings. The van der Waals surface area contributed by atoms with Crippen molar-refractivity contribution < 1.29 is 23.8 Å². The molecule has 1 N–H and O–H groups in total. The Kier molecular flexibility index (Phi) is 7.74. The van der Waals surface area contributed by atoms with Crippen LogP contribution >= 0.6 is 15.9 Å². The number of carbonyl (C=O) groups excluding carboxylic acids is 2. The number of halogens is 1. The van der Waals surface area contributed by atoms with Crippen molar-refractivity contribution in [1.29, 1.82) is 0 Å². The van der Waals surface area contributed by atoms with Gasteiger partial charge in [0.05, 0.1) is 23.4 Å². The molecule has 4 aromatic carbocycles. The van der Waals surface area contributed by atoms with E-state index in [0.717, 1.165) is 15.2 Å². The number of fused-ring (bicyclic) bond motifs is 1. The number of carbonyl (C=O) groups is 2. The standard InChI is InChI=1S/C27H21BrN2O5/c1-33-21-13-8-20(9-14-21)27(32)35-22-11-6-18(7-12-22)16-29-30-25(31)17-34-24-15-10-19-4-2-3-5-23(19)26(24)28/h2-16H,17H2,1H3,(H,30,31)/b29-16-. The lowest BCUT2D eigenvalue weighted by Gasteiger charge is -2.09. The van der Waals surface area contributed by atoms with Gasteiger partial charge in [-0.3, -0.25) is 4.79 Å². The van der Waals surface area contributed by atoms with Crippen LogP contribution in [0.15, 0.2) is 94.5 Å². The molecule has 1 amide bonds. The molecule has 0 radical (unpaired) electrons. The van der Waals surface area contributed by atoms with Crippen molar-refractivity contribution in [3.05, 3.63) is 101 Å². The van der Waals surface area contributed by atoms with Crippen molar-refractivity contribution in [2.75, 3.05) is 13.7 Å². The lowest BCUT2D eigenvalue weighted by molar-refractivity contribution is -0.123. The SMILES string of the molecule is COc1ccc(C(=O)Oc2ccc(/C=N\NC(=O)COc3ccc4ccccc4c3Br)cc2)cc1. The molecule has 0 saturated heterocycles. The van der Waals surface area contributed by atoms with Gasteiger partial charge in [-0.15, -0.1) is 0 Å². The highest BCUT2D eigenvalue weighted by Gasteiger charge is 2.10. The van der Waals surface area contributed by atoms with Crippen molar-refractivity contribution in [1.82, 2.24) is 5.43 Å². The molecule has 0 aliphatic carbocycles. The van der Waals surface area contributed by atoms with E-state index in [1.165, 1.54) is 6.21 Å². The van der Waals surface area contributed by atoms with Crippen LogP contribution in [0.1, 0.15) is 15.9 Å². The maximum absolute atomic E-state index is 12.2. The van der Waals surface area contributed by atoms with Gasteiger partial charge in [-0.05, 0) is 86.9 Å². The number of methoxy groups -OCH3 is 1. The smallest absolute Gasteiger partial charge is 0.343 e. The van der Waals surface area contributed by atoms with Gasteiger partial charge in [-0.25, -0.2) is 10.2 Å². The van der Waals surface area contributed by atoms with Crippen molar-refractivity contribution in [3.8, 4) is 17.2 Å². The average molecular weight is 533 g/mol. The molecule has 176 valence electrons. The summed E-state index contributed by atoms with van der Waals surface area (Å²) in [6, 6.07) is 25.0. The normalized spacial score (nSPS) is 10.8. The zero-order valence-electron chi connectivity index (χ0n) is 18.7. The van der Waals surface area contributed by atoms with Crippen molar-refractivity contribution in [2.45, 2.75) is 0 Å². The van der Waals surface area contributed by atoms with Crippen LogP contribution in [0.5, 0.6) is 17.2 Å². The summed E-state index contributed by atoms with van der Waals surface area (Å²) in [5, 5.41) is 6.02. The Bertz CT molecular complexity index is 1370. The second kappa shape index (κ2) is 11.3. The van der Waals surface area contributed by atoms with E-state index in [4.69, 9.17) is 14.2 Å². The summed E-state index contributed by atoms with van der Waals surface area (Å²) in [7, 11) is 1.56. The number of esters is 1. The van der Waals surface area contributed by atoms with Crippen LogP contribution in [-0.4, -0.2) is 31.8 Å². The van der Waals surface area contributed by atoms with Crippen LogP contribution in [0, 0.1) is 0 Å². The van der Waals surface area contributed by atoms with E-state index >= 15 is 0 Å². The highest BCUT2D eigenvalue weighted by molar-refractivity contribution is 9.10. The van der Waals surface area contributed by atoms with Crippen LogP contribution in [0.3, 0.4) is 0 Å². The zero-order chi connectivity index (χ0) is 24.6. The first kappa shape index (κ1) is 24.0. The number of amides is 1. The fourth-order valence-corrected chi connectivity index (χ4v) is 3.80. The molecule has 0 atom stereocenters. The fraction of sp³-hybridized carbons (Fsp3) is 0.0741.